The third-order valence-corrected chi connectivity index (χ3v) is 6.12. The summed E-state index contributed by atoms with van der Waals surface area (Å²) in [5.74, 6) is 1.49. The van der Waals surface area contributed by atoms with Crippen LogP contribution in [0.25, 0.3) is 10.2 Å². The van der Waals surface area contributed by atoms with Crippen LogP contribution in [0.4, 0.5) is 5.13 Å². The highest BCUT2D eigenvalue weighted by molar-refractivity contribution is 7.22. The number of aromatic nitrogens is 2. The van der Waals surface area contributed by atoms with Crippen LogP contribution in [-0.2, 0) is 6.54 Å². The van der Waals surface area contributed by atoms with E-state index in [2.05, 4.69) is 64.3 Å². The second kappa shape index (κ2) is 9.59. The summed E-state index contributed by atoms with van der Waals surface area (Å²) < 4.78 is 9.19. The summed E-state index contributed by atoms with van der Waals surface area (Å²) in [6, 6.07) is 20.5. The minimum atomic E-state index is 0.581. The van der Waals surface area contributed by atoms with Gasteiger partial charge in [0.05, 0.1) is 28.7 Å². The second-order valence-corrected chi connectivity index (χ2v) is 8.24. The Morgan fingerprint density at radius 2 is 1.97 bits per heavy atom. The first kappa shape index (κ1) is 20.2. The van der Waals surface area contributed by atoms with E-state index < -0.39 is 0 Å². The van der Waals surface area contributed by atoms with E-state index in [4.69, 9.17) is 4.74 Å². The van der Waals surface area contributed by atoms with Gasteiger partial charge >= 0.3 is 0 Å². The highest BCUT2D eigenvalue weighted by Gasteiger charge is 2.04. The normalized spacial score (nSPS) is 12.5. The van der Waals surface area contributed by atoms with Crippen molar-refractivity contribution < 1.29 is 4.74 Å². The number of nitrogens with one attached hydrogen (secondary N) is 1. The summed E-state index contributed by atoms with van der Waals surface area (Å²) >= 11 is 1.59. The van der Waals surface area contributed by atoms with Gasteiger partial charge in [-0.05, 0) is 54.3 Å². The number of thiazole rings is 1. The Balaban J connectivity index is 1.30. The lowest BCUT2D eigenvalue weighted by Gasteiger charge is -2.11. The number of hydrazone groups is 1. The molecule has 2 aromatic heterocycles. The minimum Gasteiger partial charge on any atom is -0.492 e. The molecule has 0 spiro atoms. The van der Waals surface area contributed by atoms with E-state index in [-0.39, 0.29) is 0 Å². The summed E-state index contributed by atoms with van der Waals surface area (Å²) in [6.07, 6.45) is 4.99. The zero-order chi connectivity index (χ0) is 20.8. The van der Waals surface area contributed by atoms with Crippen LogP contribution in [0.15, 0.2) is 72.0 Å². The van der Waals surface area contributed by atoms with Crippen molar-refractivity contribution in [3.05, 3.63) is 78.1 Å². The standard InChI is InChI=1S/C24H26N4OS/c1-3-18(2)19-10-12-21(13-11-19)29-16-15-28-14-6-7-20(28)17-25-27-24-26-22-8-4-5-9-23(22)30-24/h4-14,17-18H,3,15-16H2,1-2H3,(H,26,27)/b25-17-/t18-/m0/s1. The van der Waals surface area contributed by atoms with Crippen LogP contribution in [0.5, 0.6) is 5.75 Å². The number of hydrogen-bond acceptors (Lipinski definition) is 5. The van der Waals surface area contributed by atoms with Crippen LogP contribution < -0.4 is 10.2 Å². The maximum absolute atomic E-state index is 5.92. The molecule has 0 saturated carbocycles. The van der Waals surface area contributed by atoms with Crippen molar-refractivity contribution in [3.8, 4) is 5.75 Å². The highest BCUT2D eigenvalue weighted by Crippen LogP contribution is 2.25. The SMILES string of the molecule is CC[C@H](C)c1ccc(OCCn2cccc2/C=N\Nc2nc3ccccc3s2)cc1. The fraction of sp³-hybridized carbons (Fsp3) is 0.250. The van der Waals surface area contributed by atoms with E-state index in [0.29, 0.717) is 12.5 Å². The molecular weight excluding hydrogens is 392 g/mol. The fourth-order valence-corrected chi connectivity index (χ4v) is 4.03. The number of para-hydroxylation sites is 1. The number of nitrogens with zero attached hydrogens (tertiary/aromatic N) is 3. The molecule has 0 aliphatic rings. The third-order valence-electron chi connectivity index (χ3n) is 5.18. The predicted octanol–water partition coefficient (Wildman–Crippen LogP) is 6.14. The summed E-state index contributed by atoms with van der Waals surface area (Å²) in [6.45, 7) is 5.81. The van der Waals surface area contributed by atoms with E-state index in [1.165, 1.54) is 5.56 Å². The van der Waals surface area contributed by atoms with Gasteiger partial charge < -0.3 is 9.30 Å². The Hall–Kier alpha value is -3.12. The molecule has 4 rings (SSSR count). The van der Waals surface area contributed by atoms with Crippen molar-refractivity contribution in [2.24, 2.45) is 5.10 Å². The summed E-state index contributed by atoms with van der Waals surface area (Å²) in [5.41, 5.74) is 6.39. The molecule has 0 fully saturated rings. The number of benzene rings is 2. The Bertz CT molecular complexity index is 1080. The van der Waals surface area contributed by atoms with Crippen LogP contribution in [0.2, 0.25) is 0 Å². The van der Waals surface area contributed by atoms with Crippen molar-refractivity contribution in [3.63, 3.8) is 0 Å². The summed E-state index contributed by atoms with van der Waals surface area (Å²) in [7, 11) is 0. The summed E-state index contributed by atoms with van der Waals surface area (Å²) in [5, 5.41) is 5.14. The van der Waals surface area contributed by atoms with Crippen molar-refractivity contribution in [2.75, 3.05) is 12.0 Å². The molecule has 0 aliphatic carbocycles. The monoisotopic (exact) mass is 418 g/mol. The van der Waals surface area contributed by atoms with Crippen LogP contribution >= 0.6 is 11.3 Å². The maximum atomic E-state index is 5.92. The van der Waals surface area contributed by atoms with Gasteiger partial charge in [-0.3, -0.25) is 5.43 Å². The van der Waals surface area contributed by atoms with Crippen molar-refractivity contribution in [1.29, 1.82) is 0 Å². The van der Waals surface area contributed by atoms with Gasteiger partial charge in [0, 0.05) is 6.20 Å². The van der Waals surface area contributed by atoms with Gasteiger partial charge in [-0.1, -0.05) is 49.4 Å². The van der Waals surface area contributed by atoms with E-state index in [0.717, 1.165) is 39.8 Å². The van der Waals surface area contributed by atoms with E-state index in [9.17, 15) is 0 Å². The largest absolute Gasteiger partial charge is 0.492 e. The molecule has 0 amide bonds. The lowest BCUT2D eigenvalue weighted by atomic mass is 9.99. The second-order valence-electron chi connectivity index (χ2n) is 7.21. The number of ether oxygens (including phenoxy) is 1. The molecule has 2 heterocycles. The van der Waals surface area contributed by atoms with Crippen LogP contribution in [0, 0.1) is 0 Å². The number of anilines is 1. The molecule has 0 aliphatic heterocycles. The fourth-order valence-electron chi connectivity index (χ4n) is 3.21. The third kappa shape index (κ3) is 4.89. The van der Waals surface area contributed by atoms with Crippen LogP contribution in [-0.4, -0.2) is 22.4 Å². The van der Waals surface area contributed by atoms with Gasteiger partial charge in [-0.25, -0.2) is 4.98 Å². The van der Waals surface area contributed by atoms with Gasteiger partial charge in [0.25, 0.3) is 0 Å². The Kier molecular flexibility index (Phi) is 6.44. The van der Waals surface area contributed by atoms with Gasteiger partial charge in [-0.15, -0.1) is 0 Å². The van der Waals surface area contributed by atoms with Gasteiger partial charge in [-0.2, -0.15) is 5.10 Å². The number of hydrogen-bond donors (Lipinski definition) is 1. The molecule has 6 heteroatoms. The van der Waals surface area contributed by atoms with Crippen LogP contribution in [0.1, 0.15) is 37.4 Å². The summed E-state index contributed by atoms with van der Waals surface area (Å²) in [4.78, 5) is 4.53. The highest BCUT2D eigenvalue weighted by atomic mass is 32.1. The molecule has 0 radical (unpaired) electrons. The van der Waals surface area contributed by atoms with Gasteiger partial charge in [0.2, 0.25) is 5.13 Å². The Labute approximate surface area is 181 Å². The lowest BCUT2D eigenvalue weighted by molar-refractivity contribution is 0.298. The van der Waals surface area contributed by atoms with Gasteiger partial charge in [0.15, 0.2) is 0 Å². The lowest BCUT2D eigenvalue weighted by Crippen LogP contribution is -2.10. The van der Waals surface area contributed by atoms with E-state index in [1.807, 2.05) is 42.7 Å². The number of rotatable bonds is 9. The Morgan fingerprint density at radius 1 is 1.13 bits per heavy atom. The molecule has 0 unspecified atom stereocenters. The van der Waals surface area contributed by atoms with Crippen LogP contribution in [0.3, 0.4) is 0 Å². The zero-order valence-corrected chi connectivity index (χ0v) is 18.1. The first-order valence-electron chi connectivity index (χ1n) is 10.3. The molecule has 4 aromatic rings. The predicted molar refractivity (Wildman–Crippen MR) is 126 cm³/mol. The van der Waals surface area contributed by atoms with Crippen molar-refractivity contribution in [2.45, 2.75) is 32.7 Å². The Morgan fingerprint density at radius 3 is 2.77 bits per heavy atom. The van der Waals surface area contributed by atoms with Crippen molar-refractivity contribution >= 4 is 32.9 Å². The molecule has 0 saturated heterocycles. The van der Waals surface area contributed by atoms with Crippen molar-refractivity contribution in [1.82, 2.24) is 9.55 Å². The zero-order valence-electron chi connectivity index (χ0n) is 17.3. The average molecular weight is 419 g/mol. The molecule has 0 bridgehead atoms. The molecule has 1 N–H and O–H groups in total. The minimum absolute atomic E-state index is 0.581. The average Bonchev–Trinajstić information content (AvgIpc) is 3.40. The van der Waals surface area contributed by atoms with E-state index in [1.54, 1.807) is 11.3 Å². The molecular formula is C24H26N4OS. The molecule has 5 nitrogen and oxygen atoms in total. The van der Waals surface area contributed by atoms with E-state index >= 15 is 0 Å². The molecule has 154 valence electrons. The molecule has 1 atom stereocenters. The molecule has 2 aromatic carbocycles. The maximum Gasteiger partial charge on any atom is 0.204 e. The van der Waals surface area contributed by atoms with Gasteiger partial charge in [0.1, 0.15) is 12.4 Å². The quantitative estimate of drug-likeness (QED) is 0.262. The first-order chi connectivity index (χ1) is 14.7. The smallest absolute Gasteiger partial charge is 0.204 e. The molecule has 30 heavy (non-hydrogen) atoms. The first-order valence-corrected chi connectivity index (χ1v) is 11.1. The number of fused-ring (bicyclic) bond motifs is 1. The topological polar surface area (TPSA) is 51.4 Å².